The summed E-state index contributed by atoms with van der Waals surface area (Å²) in [6.07, 6.45) is 0.774. The molecule has 4 nitrogen and oxygen atoms in total. The van der Waals surface area contributed by atoms with Gasteiger partial charge in [0.1, 0.15) is 11.5 Å². The molecule has 0 spiro atoms. The predicted molar refractivity (Wildman–Crippen MR) is 104 cm³/mol. The van der Waals surface area contributed by atoms with Gasteiger partial charge in [-0.2, -0.15) is 0 Å². The molecule has 0 aliphatic heterocycles. The third-order valence-corrected chi connectivity index (χ3v) is 4.61. The average Bonchev–Trinajstić information content (AvgIpc) is 2.58. The summed E-state index contributed by atoms with van der Waals surface area (Å²) in [4.78, 5) is 12.2. The number of aryl methyl sites for hydroxylation is 1. The lowest BCUT2D eigenvalue weighted by Gasteiger charge is -2.19. The fourth-order valence-electron chi connectivity index (χ4n) is 2.51. The summed E-state index contributed by atoms with van der Waals surface area (Å²) in [6, 6.07) is 11.1. The number of hydrogen-bond donors (Lipinski definition) is 1. The van der Waals surface area contributed by atoms with Crippen LogP contribution in [0.4, 0.5) is 0 Å². The van der Waals surface area contributed by atoms with E-state index in [-0.39, 0.29) is 18.6 Å². The van der Waals surface area contributed by atoms with Crippen molar-refractivity contribution in [1.82, 2.24) is 5.32 Å². The molecule has 1 amide bonds. The molecule has 134 valence electrons. The largest absolute Gasteiger partial charge is 0.496 e. The van der Waals surface area contributed by atoms with Crippen molar-refractivity contribution in [3.05, 3.63) is 57.0 Å². The van der Waals surface area contributed by atoms with Crippen LogP contribution < -0.4 is 14.8 Å². The Morgan fingerprint density at radius 1 is 1.24 bits per heavy atom. The van der Waals surface area contributed by atoms with Gasteiger partial charge < -0.3 is 14.8 Å². The zero-order valence-electron chi connectivity index (χ0n) is 14.4. The van der Waals surface area contributed by atoms with Gasteiger partial charge in [-0.1, -0.05) is 46.6 Å². The smallest absolute Gasteiger partial charge is 0.258 e. The number of carbonyl (C=O) groups excluding carboxylic acids is 1. The van der Waals surface area contributed by atoms with Gasteiger partial charge in [0, 0.05) is 4.47 Å². The van der Waals surface area contributed by atoms with Gasteiger partial charge in [0.25, 0.3) is 5.91 Å². The number of carbonyl (C=O) groups is 1. The minimum atomic E-state index is -0.195. The van der Waals surface area contributed by atoms with E-state index in [0.29, 0.717) is 10.8 Å². The Bertz CT molecular complexity index is 751. The van der Waals surface area contributed by atoms with Crippen LogP contribution in [0.2, 0.25) is 5.02 Å². The summed E-state index contributed by atoms with van der Waals surface area (Å²) >= 11 is 9.42. The number of halogens is 2. The lowest BCUT2D eigenvalue weighted by atomic mass is 10.0. The number of nitrogens with one attached hydrogen (secondary N) is 1. The van der Waals surface area contributed by atoms with E-state index in [2.05, 4.69) is 21.2 Å². The van der Waals surface area contributed by atoms with Crippen LogP contribution in [-0.4, -0.2) is 19.6 Å². The van der Waals surface area contributed by atoms with Crippen molar-refractivity contribution in [2.45, 2.75) is 26.3 Å². The maximum absolute atomic E-state index is 12.2. The molecule has 1 N–H and O–H groups in total. The highest BCUT2D eigenvalue weighted by atomic mass is 79.9. The number of amides is 1. The first-order chi connectivity index (χ1) is 11.9. The molecule has 0 aliphatic rings. The standard InChI is InChI=1S/C19H21BrClNO3/c1-4-16(13-5-7-17(24-3)12(2)9-13)22-19(23)11-25-18-8-6-14(20)10-15(18)21/h5-10,16H,4,11H2,1-3H3,(H,22,23)/t16-/m0/s1. The molecule has 0 radical (unpaired) electrons. The maximum atomic E-state index is 12.2. The van der Waals surface area contributed by atoms with Crippen LogP contribution >= 0.6 is 27.5 Å². The van der Waals surface area contributed by atoms with E-state index in [9.17, 15) is 4.79 Å². The van der Waals surface area contributed by atoms with Crippen molar-refractivity contribution in [1.29, 1.82) is 0 Å². The molecule has 2 rings (SSSR count). The zero-order valence-corrected chi connectivity index (χ0v) is 16.8. The Hall–Kier alpha value is -1.72. The van der Waals surface area contributed by atoms with Crippen LogP contribution in [0.3, 0.4) is 0 Å². The van der Waals surface area contributed by atoms with Crippen molar-refractivity contribution < 1.29 is 14.3 Å². The molecule has 0 saturated heterocycles. The highest BCUT2D eigenvalue weighted by Gasteiger charge is 2.15. The van der Waals surface area contributed by atoms with E-state index in [0.717, 1.165) is 27.8 Å². The SMILES string of the molecule is CC[C@H](NC(=O)COc1ccc(Br)cc1Cl)c1ccc(OC)c(C)c1. The van der Waals surface area contributed by atoms with Gasteiger partial charge in [0.15, 0.2) is 6.61 Å². The molecule has 2 aromatic carbocycles. The van der Waals surface area contributed by atoms with E-state index in [1.54, 1.807) is 19.2 Å². The maximum Gasteiger partial charge on any atom is 0.258 e. The molecule has 0 heterocycles. The minimum Gasteiger partial charge on any atom is -0.496 e. The minimum absolute atomic E-state index is 0.0823. The van der Waals surface area contributed by atoms with Gasteiger partial charge in [0.05, 0.1) is 18.2 Å². The molecule has 25 heavy (non-hydrogen) atoms. The van der Waals surface area contributed by atoms with Gasteiger partial charge in [-0.05, 0) is 48.7 Å². The first-order valence-electron chi connectivity index (χ1n) is 7.96. The molecule has 0 aromatic heterocycles. The quantitative estimate of drug-likeness (QED) is 0.673. The van der Waals surface area contributed by atoms with Gasteiger partial charge in [0.2, 0.25) is 0 Å². The molecule has 2 aromatic rings. The van der Waals surface area contributed by atoms with Crippen LogP contribution in [0.1, 0.15) is 30.5 Å². The van der Waals surface area contributed by atoms with E-state index in [1.807, 2.05) is 38.1 Å². The normalized spacial score (nSPS) is 11.7. The summed E-state index contributed by atoms with van der Waals surface area (Å²) in [6.45, 7) is 3.92. The Morgan fingerprint density at radius 3 is 2.56 bits per heavy atom. The van der Waals surface area contributed by atoms with E-state index >= 15 is 0 Å². The van der Waals surface area contributed by atoms with Crippen molar-refractivity contribution >= 4 is 33.4 Å². The summed E-state index contributed by atoms with van der Waals surface area (Å²) in [5.41, 5.74) is 2.07. The van der Waals surface area contributed by atoms with Crippen LogP contribution in [-0.2, 0) is 4.79 Å². The van der Waals surface area contributed by atoms with Crippen LogP contribution in [0.25, 0.3) is 0 Å². The van der Waals surface area contributed by atoms with Gasteiger partial charge in [-0.15, -0.1) is 0 Å². The van der Waals surface area contributed by atoms with Crippen LogP contribution in [0.5, 0.6) is 11.5 Å². The monoisotopic (exact) mass is 425 g/mol. The summed E-state index contributed by atoms with van der Waals surface area (Å²) in [5, 5.41) is 3.45. The van der Waals surface area contributed by atoms with Crippen molar-refractivity contribution in [3.63, 3.8) is 0 Å². The summed E-state index contributed by atoms with van der Waals surface area (Å²) in [5.74, 6) is 1.12. The Labute approximate surface area is 161 Å². The topological polar surface area (TPSA) is 47.6 Å². The molecule has 0 fully saturated rings. The third-order valence-electron chi connectivity index (χ3n) is 3.82. The lowest BCUT2D eigenvalue weighted by Crippen LogP contribution is -2.32. The van der Waals surface area contributed by atoms with E-state index in [4.69, 9.17) is 21.1 Å². The Balaban J connectivity index is 1.98. The molecular formula is C19H21BrClNO3. The molecule has 0 unspecified atom stereocenters. The van der Waals surface area contributed by atoms with Crippen LogP contribution in [0, 0.1) is 6.92 Å². The summed E-state index contributed by atoms with van der Waals surface area (Å²) in [7, 11) is 1.64. The fourth-order valence-corrected chi connectivity index (χ4v) is 3.24. The molecule has 0 bridgehead atoms. The predicted octanol–water partition coefficient (Wildman–Crippen LogP) is 5.07. The first-order valence-corrected chi connectivity index (χ1v) is 9.13. The van der Waals surface area contributed by atoms with Crippen LogP contribution in [0.15, 0.2) is 40.9 Å². The second-order valence-electron chi connectivity index (χ2n) is 5.62. The third kappa shape index (κ3) is 5.38. The number of rotatable bonds is 7. The van der Waals surface area contributed by atoms with Gasteiger partial charge >= 0.3 is 0 Å². The molecule has 1 atom stereocenters. The highest BCUT2D eigenvalue weighted by molar-refractivity contribution is 9.10. The second kappa shape index (κ2) is 9.11. The fraction of sp³-hybridized carbons (Fsp3) is 0.316. The Kier molecular flexibility index (Phi) is 7.14. The zero-order chi connectivity index (χ0) is 18.4. The van der Waals surface area contributed by atoms with E-state index < -0.39 is 0 Å². The average molecular weight is 427 g/mol. The number of hydrogen-bond acceptors (Lipinski definition) is 3. The molecule has 0 aliphatic carbocycles. The van der Waals surface area contributed by atoms with Crippen molar-refractivity contribution in [2.75, 3.05) is 13.7 Å². The van der Waals surface area contributed by atoms with Crippen molar-refractivity contribution in [2.24, 2.45) is 0 Å². The van der Waals surface area contributed by atoms with E-state index in [1.165, 1.54) is 0 Å². The molecular weight excluding hydrogens is 406 g/mol. The molecule has 6 heteroatoms. The van der Waals surface area contributed by atoms with Crippen molar-refractivity contribution in [3.8, 4) is 11.5 Å². The lowest BCUT2D eigenvalue weighted by molar-refractivity contribution is -0.123. The number of methoxy groups -OCH3 is 1. The molecule has 0 saturated carbocycles. The first kappa shape index (κ1) is 19.6. The van der Waals surface area contributed by atoms with Gasteiger partial charge in [-0.25, -0.2) is 0 Å². The summed E-state index contributed by atoms with van der Waals surface area (Å²) < 4.78 is 11.6. The number of benzene rings is 2. The Morgan fingerprint density at radius 2 is 1.96 bits per heavy atom. The highest BCUT2D eigenvalue weighted by Crippen LogP contribution is 2.28. The second-order valence-corrected chi connectivity index (χ2v) is 6.94. The number of ether oxygens (including phenoxy) is 2. The van der Waals surface area contributed by atoms with Gasteiger partial charge in [-0.3, -0.25) is 4.79 Å².